The van der Waals surface area contributed by atoms with E-state index in [9.17, 15) is 0 Å². The second-order valence-corrected chi connectivity index (χ2v) is 4.70. The maximum Gasteiger partial charge on any atom is 0 e. The summed E-state index contributed by atoms with van der Waals surface area (Å²) < 4.78 is 0. The summed E-state index contributed by atoms with van der Waals surface area (Å²) in [6, 6.07) is 39.8. The third-order valence-corrected chi connectivity index (χ3v) is 3.00. The zero-order valence-corrected chi connectivity index (χ0v) is 15.4. The van der Waals surface area contributed by atoms with Crippen molar-refractivity contribution < 1.29 is 34.1 Å². The van der Waals surface area contributed by atoms with E-state index in [-0.39, 0.29) is 34.1 Å². The van der Waals surface area contributed by atoms with Gasteiger partial charge in [-0.1, -0.05) is 0 Å². The van der Waals surface area contributed by atoms with Crippen LogP contribution in [0.4, 0.5) is 0 Å². The van der Waals surface area contributed by atoms with Gasteiger partial charge in [-0.25, -0.2) is 42.8 Å². The molecule has 0 radical (unpaired) electrons. The molecule has 4 rings (SSSR count). The molecule has 0 aliphatic rings. The molecule has 0 nitrogen and oxygen atoms in total. The normalized spacial score (nSPS) is 8.50. The minimum absolute atomic E-state index is 0. The summed E-state index contributed by atoms with van der Waals surface area (Å²) in [5.74, 6) is 0. The van der Waals surface area contributed by atoms with E-state index in [1.54, 1.807) is 0 Å². The third-order valence-electron chi connectivity index (χ3n) is 3.00. The summed E-state index contributed by atoms with van der Waals surface area (Å²) >= 11 is 0. The molecule has 0 aliphatic carbocycles. The van der Waals surface area contributed by atoms with E-state index < -0.39 is 0 Å². The minimum Gasteiger partial charge on any atom is -0.998 e. The van der Waals surface area contributed by atoms with Crippen LogP contribution in [0, 0.1) is 24.3 Å². The van der Waals surface area contributed by atoms with E-state index >= 15 is 0 Å². The van der Waals surface area contributed by atoms with Crippen molar-refractivity contribution in [2.45, 2.75) is 12.8 Å². The maximum absolute atomic E-state index is 2.96. The maximum atomic E-state index is 2.96. The molecule has 0 bridgehead atoms. The average molecular weight is 394 g/mol. The molecule has 0 saturated carbocycles. The second kappa shape index (κ2) is 15.0. The first kappa shape index (κ1) is 22.4. The Labute approximate surface area is 166 Å². The summed E-state index contributed by atoms with van der Waals surface area (Å²) in [4.78, 5) is 0. The number of aryl methyl sites for hydroxylation is 2. The van der Waals surface area contributed by atoms with Crippen molar-refractivity contribution in [3.63, 3.8) is 0 Å². The molecule has 0 aliphatic heterocycles. The molecule has 4 aromatic carbocycles. The first-order valence-corrected chi connectivity index (χ1v) is 7.37. The Kier molecular flexibility index (Phi) is 14.0. The van der Waals surface area contributed by atoms with Gasteiger partial charge in [-0.15, -0.1) is 6.42 Å². The summed E-state index contributed by atoms with van der Waals surface area (Å²) in [5.41, 5.74) is 2.45. The molecular weight excluding hydrogens is 376 g/mol. The topological polar surface area (TPSA) is 0 Å². The predicted octanol–water partition coefficient (Wildman–Crippen LogP) is 4.92. The summed E-state index contributed by atoms with van der Waals surface area (Å²) in [6.45, 7) is 0. The van der Waals surface area contributed by atoms with Crippen LogP contribution in [0.5, 0.6) is 0 Å². The quantitative estimate of drug-likeness (QED) is 0.342. The van der Waals surface area contributed by atoms with Gasteiger partial charge < -0.3 is 29.8 Å². The number of hydrogen-bond acceptors (Lipinski definition) is 0. The monoisotopic (exact) mass is 394 g/mol. The van der Waals surface area contributed by atoms with Gasteiger partial charge >= 0.3 is 0 Å². The summed E-state index contributed by atoms with van der Waals surface area (Å²) in [6.07, 6.45) is 2.05. The molecule has 0 saturated heterocycles. The van der Waals surface area contributed by atoms with Crippen molar-refractivity contribution in [1.82, 2.24) is 0 Å². The second-order valence-electron chi connectivity index (χ2n) is 4.70. The smallest absolute Gasteiger partial charge is 0 e. The van der Waals surface area contributed by atoms with Crippen LogP contribution in [-0.4, -0.2) is 0 Å². The molecule has 0 fully saturated rings. The Bertz CT molecular complexity index is 532. The van der Waals surface area contributed by atoms with E-state index in [4.69, 9.17) is 0 Å². The fourth-order valence-electron chi connectivity index (χ4n) is 1.86. The zero-order chi connectivity index (χ0) is 15.3. The molecule has 0 spiro atoms. The van der Waals surface area contributed by atoms with Crippen molar-refractivity contribution in [3.8, 4) is 0 Å². The van der Waals surface area contributed by atoms with Crippen molar-refractivity contribution in [2.24, 2.45) is 0 Å². The summed E-state index contributed by atoms with van der Waals surface area (Å²) in [5, 5.41) is 0. The van der Waals surface area contributed by atoms with Crippen LogP contribution in [-0.2, 0) is 47.0 Å². The van der Waals surface area contributed by atoms with Gasteiger partial charge in [0, 0.05) is 34.1 Å². The van der Waals surface area contributed by atoms with Gasteiger partial charge in [0.1, 0.15) is 0 Å². The van der Waals surface area contributed by atoms with Crippen LogP contribution in [0.15, 0.2) is 84.9 Å². The molecule has 4 aromatic rings. The van der Waals surface area contributed by atoms with Gasteiger partial charge in [0.2, 0.25) is 0 Å². The van der Waals surface area contributed by atoms with Gasteiger partial charge in [0.25, 0.3) is 0 Å². The van der Waals surface area contributed by atoms with Gasteiger partial charge in [-0.05, 0) is 0 Å². The van der Waals surface area contributed by atoms with Gasteiger partial charge in [0.15, 0.2) is 0 Å². The molecule has 0 aromatic heterocycles. The molecule has 0 heterocycles. The SMILES string of the molecule is [Fe].[Fe].[c-]1[c-][c-][c-](CC[c-]2cccc2)[c-]1.c1cc[cH-]c1.c1cc[cH-]c1. The molecular formula is C22H18Fe2-8. The van der Waals surface area contributed by atoms with Crippen LogP contribution in [0.3, 0.4) is 0 Å². The fourth-order valence-corrected chi connectivity index (χ4v) is 1.86. The van der Waals surface area contributed by atoms with Crippen molar-refractivity contribution in [1.29, 1.82) is 0 Å². The predicted molar refractivity (Wildman–Crippen MR) is 90.9 cm³/mol. The average Bonchev–Trinajstić information content (AvgIpc) is 3.41. The Morgan fingerprint density at radius 3 is 1.46 bits per heavy atom. The molecule has 2 heteroatoms. The van der Waals surface area contributed by atoms with Crippen LogP contribution in [0.1, 0.15) is 11.1 Å². The molecule has 130 valence electrons. The first-order valence-electron chi connectivity index (χ1n) is 7.37. The number of rotatable bonds is 3. The van der Waals surface area contributed by atoms with Crippen molar-refractivity contribution in [2.75, 3.05) is 0 Å². The molecule has 0 N–H and O–H groups in total. The van der Waals surface area contributed by atoms with Gasteiger partial charge in [-0.3, -0.25) is 0 Å². The minimum atomic E-state index is 0. The van der Waals surface area contributed by atoms with E-state index in [1.807, 2.05) is 60.7 Å². The van der Waals surface area contributed by atoms with Crippen LogP contribution in [0.2, 0.25) is 0 Å². The molecule has 24 heavy (non-hydrogen) atoms. The van der Waals surface area contributed by atoms with Gasteiger partial charge in [-0.2, -0.15) is 54.1 Å². The zero-order valence-electron chi connectivity index (χ0n) is 13.2. The Morgan fingerprint density at radius 2 is 1.08 bits per heavy atom. The van der Waals surface area contributed by atoms with Crippen molar-refractivity contribution in [3.05, 3.63) is 120 Å². The fraction of sp³-hybridized carbons (Fsp3) is 0.0909. The molecule has 0 unspecified atom stereocenters. The van der Waals surface area contributed by atoms with Crippen LogP contribution < -0.4 is 0 Å². The van der Waals surface area contributed by atoms with Crippen LogP contribution >= 0.6 is 0 Å². The third kappa shape index (κ3) is 10.3. The molecule has 0 amide bonds. The standard InChI is InChI=1S/C12H8.2C5H5.2Fe/c1-2-6-11(5-1)9-10-12-7-3-4-8-12;2*1-2-4-5-3-1;;/h1-2,5-6H,9-10H2;2*1-5H;;/q-6;2*-1;;. The molecule has 0 atom stereocenters. The van der Waals surface area contributed by atoms with E-state index in [0.29, 0.717) is 0 Å². The van der Waals surface area contributed by atoms with Gasteiger partial charge in [0.05, 0.1) is 0 Å². The first-order chi connectivity index (χ1) is 10.9. The number of hydrogen-bond donors (Lipinski definition) is 0. The van der Waals surface area contributed by atoms with E-state index in [0.717, 1.165) is 18.4 Å². The van der Waals surface area contributed by atoms with Crippen molar-refractivity contribution >= 4 is 0 Å². The summed E-state index contributed by atoms with van der Waals surface area (Å²) in [7, 11) is 0. The van der Waals surface area contributed by atoms with E-state index in [2.05, 4.69) is 48.5 Å². The Balaban J connectivity index is 0.000000370. The van der Waals surface area contributed by atoms with E-state index in [1.165, 1.54) is 5.56 Å². The Hall–Kier alpha value is -1.56. The largest absolute Gasteiger partial charge is 0.998 e. The van der Waals surface area contributed by atoms with Crippen LogP contribution in [0.25, 0.3) is 0 Å². The Morgan fingerprint density at radius 1 is 0.625 bits per heavy atom.